The molecule has 3 N–H and O–H groups in total. The van der Waals surface area contributed by atoms with E-state index < -0.39 is 18.2 Å². The van der Waals surface area contributed by atoms with Crippen molar-refractivity contribution in [3.8, 4) is 5.75 Å². The number of ether oxygens (including phenoxy) is 1. The third-order valence-corrected chi connectivity index (χ3v) is 8.50. The Kier molecular flexibility index (Phi) is 10.9. The molecule has 9 nitrogen and oxygen atoms in total. The average molecular weight is 696 g/mol. The molecule has 4 aromatic rings. The first-order valence-corrected chi connectivity index (χ1v) is 15.1. The molecule has 45 heavy (non-hydrogen) atoms. The van der Waals surface area contributed by atoms with Crippen molar-refractivity contribution in [2.24, 2.45) is 0 Å². The van der Waals surface area contributed by atoms with Gasteiger partial charge in [0.1, 0.15) is 11.8 Å². The number of likely N-dealkylation sites (N-methyl/N-ethyl adjacent to an activating group) is 1. The van der Waals surface area contributed by atoms with Crippen LogP contribution in [0, 0.1) is 0 Å². The van der Waals surface area contributed by atoms with Crippen LogP contribution in [0.25, 0.3) is 10.8 Å². The van der Waals surface area contributed by atoms with Gasteiger partial charge in [-0.15, -0.1) is 12.4 Å². The second-order valence-corrected chi connectivity index (χ2v) is 11.7. The fourth-order valence-electron chi connectivity index (χ4n) is 5.39. The third-order valence-electron chi connectivity index (χ3n) is 8.01. The molecule has 0 bridgehead atoms. The Labute approximate surface area is 277 Å². The molecular formula is C34H36BrClN4O5. The highest BCUT2D eigenvalue weighted by atomic mass is 79.9. The predicted molar refractivity (Wildman–Crippen MR) is 182 cm³/mol. The smallest absolute Gasteiger partial charge is 0.258 e. The second-order valence-electron chi connectivity index (χ2n) is 10.8. The van der Waals surface area contributed by atoms with Crippen molar-refractivity contribution in [1.82, 2.24) is 10.6 Å². The Morgan fingerprint density at radius 3 is 2.36 bits per heavy atom. The molecule has 0 saturated heterocycles. The van der Waals surface area contributed by atoms with E-state index in [1.54, 1.807) is 69.3 Å². The van der Waals surface area contributed by atoms with Crippen molar-refractivity contribution in [2.45, 2.75) is 38.6 Å². The third kappa shape index (κ3) is 6.99. The summed E-state index contributed by atoms with van der Waals surface area (Å²) in [6.07, 6.45) is -0.676. The van der Waals surface area contributed by atoms with Gasteiger partial charge in [0.05, 0.1) is 43.7 Å². The monoisotopic (exact) mass is 694 g/mol. The lowest BCUT2D eigenvalue weighted by Gasteiger charge is -2.27. The van der Waals surface area contributed by atoms with Crippen LogP contribution in [-0.2, 0) is 16.1 Å². The predicted octanol–water partition coefficient (Wildman–Crippen LogP) is 5.37. The van der Waals surface area contributed by atoms with Gasteiger partial charge in [-0.3, -0.25) is 14.4 Å². The number of methoxy groups -OCH3 is 1. The number of nitrogens with one attached hydrogen (secondary N) is 2. The minimum Gasteiger partial charge on any atom is -0.496 e. The van der Waals surface area contributed by atoms with Gasteiger partial charge in [0, 0.05) is 15.6 Å². The molecule has 0 aliphatic carbocycles. The second kappa shape index (κ2) is 14.4. The fraction of sp³-hybridized carbons (Fsp3) is 0.265. The zero-order valence-electron chi connectivity index (χ0n) is 25.4. The highest BCUT2D eigenvalue weighted by Gasteiger charge is 2.38. The van der Waals surface area contributed by atoms with Gasteiger partial charge < -0.3 is 30.3 Å². The standard InChI is InChI=1S/C34H35BrN4O5.ClH/c1-20(36-3)32(41)37-28-19-39(33(42)23-11-9-22(10-12-23)21(2)40)30-8-6-5-7-29(30)38(34(28)43)18-27-26-15-14-25(35)17-24(26)13-16-31(27)44-4;/h5-17,20-21,28,36,40H,18-19H2,1-4H3,(H,37,41);1H/t20?,21-,28-;/m0./s1. The molecule has 0 saturated carbocycles. The first-order chi connectivity index (χ1) is 21.1. The van der Waals surface area contributed by atoms with Gasteiger partial charge in [0.2, 0.25) is 5.91 Å². The topological polar surface area (TPSA) is 111 Å². The molecule has 1 aliphatic heterocycles. The first-order valence-electron chi connectivity index (χ1n) is 14.4. The Bertz CT molecular complexity index is 1720. The lowest BCUT2D eigenvalue weighted by Crippen LogP contribution is -2.55. The Balaban J connectivity index is 0.00000461. The van der Waals surface area contributed by atoms with E-state index in [0.717, 1.165) is 20.8 Å². The highest BCUT2D eigenvalue weighted by Crippen LogP contribution is 2.38. The van der Waals surface area contributed by atoms with Crippen LogP contribution in [0.1, 0.15) is 41.4 Å². The molecule has 0 radical (unpaired) electrons. The van der Waals surface area contributed by atoms with Gasteiger partial charge in [0.15, 0.2) is 0 Å². The van der Waals surface area contributed by atoms with Crippen molar-refractivity contribution >= 4 is 68.2 Å². The first kappa shape index (κ1) is 33.9. The maximum absolute atomic E-state index is 14.4. The van der Waals surface area contributed by atoms with E-state index in [9.17, 15) is 19.5 Å². The quantitative estimate of drug-likeness (QED) is 0.229. The Hall–Kier alpha value is -3.96. The van der Waals surface area contributed by atoms with E-state index in [-0.39, 0.29) is 43.2 Å². The van der Waals surface area contributed by atoms with Gasteiger partial charge in [0.25, 0.3) is 11.8 Å². The van der Waals surface area contributed by atoms with Crippen LogP contribution in [0.5, 0.6) is 5.75 Å². The van der Waals surface area contributed by atoms with E-state index in [2.05, 4.69) is 26.6 Å². The molecule has 0 aromatic heterocycles. The SMILES string of the molecule is CNC(C)C(=O)N[C@H]1CN(C(=O)c2ccc([C@H](C)O)cc2)c2ccccc2N(Cc2c(OC)ccc3cc(Br)ccc23)C1=O.Cl. The van der Waals surface area contributed by atoms with Crippen LogP contribution in [0.2, 0.25) is 0 Å². The van der Waals surface area contributed by atoms with Crippen LogP contribution in [-0.4, -0.2) is 55.6 Å². The number of carbonyl (C=O) groups excluding carboxylic acids is 3. The summed E-state index contributed by atoms with van der Waals surface area (Å²) in [6, 6.07) is 22.1. The van der Waals surface area contributed by atoms with E-state index in [1.165, 1.54) is 4.90 Å². The number of carbonyl (C=O) groups is 3. The Morgan fingerprint density at radius 1 is 1.02 bits per heavy atom. The number of rotatable bonds is 8. The number of hydrogen-bond donors (Lipinski definition) is 3. The summed E-state index contributed by atoms with van der Waals surface area (Å²) in [7, 11) is 3.26. The molecule has 11 heteroatoms. The van der Waals surface area contributed by atoms with Gasteiger partial charge in [-0.05, 0) is 79.7 Å². The van der Waals surface area contributed by atoms with E-state index in [1.807, 2.05) is 42.5 Å². The van der Waals surface area contributed by atoms with Crippen LogP contribution >= 0.6 is 28.3 Å². The van der Waals surface area contributed by atoms with Crippen LogP contribution in [0.3, 0.4) is 0 Å². The summed E-state index contributed by atoms with van der Waals surface area (Å²) < 4.78 is 6.68. The summed E-state index contributed by atoms with van der Waals surface area (Å²) >= 11 is 3.54. The van der Waals surface area contributed by atoms with Gasteiger partial charge in [-0.2, -0.15) is 0 Å². The van der Waals surface area contributed by atoms with Crippen molar-refractivity contribution in [3.63, 3.8) is 0 Å². The molecule has 1 heterocycles. The lowest BCUT2D eigenvalue weighted by atomic mass is 10.0. The summed E-state index contributed by atoms with van der Waals surface area (Å²) in [5.41, 5.74) is 2.93. The molecular weight excluding hydrogens is 660 g/mol. The number of para-hydroxylation sites is 2. The van der Waals surface area contributed by atoms with Gasteiger partial charge in [-0.25, -0.2) is 0 Å². The molecule has 1 unspecified atom stereocenters. The average Bonchev–Trinajstić information content (AvgIpc) is 3.14. The molecule has 3 amide bonds. The highest BCUT2D eigenvalue weighted by molar-refractivity contribution is 9.10. The van der Waals surface area contributed by atoms with Crippen LogP contribution in [0.15, 0.2) is 83.3 Å². The maximum Gasteiger partial charge on any atom is 0.258 e. The molecule has 5 rings (SSSR count). The molecule has 1 aliphatic rings. The summed E-state index contributed by atoms with van der Waals surface area (Å²) in [6.45, 7) is 3.42. The van der Waals surface area contributed by atoms with E-state index in [4.69, 9.17) is 4.74 Å². The normalized spacial score (nSPS) is 15.9. The minimum absolute atomic E-state index is 0. The number of fused-ring (bicyclic) bond motifs is 2. The summed E-state index contributed by atoms with van der Waals surface area (Å²) in [5.74, 6) is -0.439. The number of anilines is 2. The summed E-state index contributed by atoms with van der Waals surface area (Å²) in [5, 5.41) is 17.6. The number of aliphatic hydroxyl groups excluding tert-OH is 1. The summed E-state index contributed by atoms with van der Waals surface area (Å²) in [4.78, 5) is 44.8. The van der Waals surface area contributed by atoms with Gasteiger partial charge >= 0.3 is 0 Å². The minimum atomic E-state index is -1.04. The number of halogens is 2. The molecule has 236 valence electrons. The molecule has 3 atom stereocenters. The van der Waals surface area contributed by atoms with Crippen LogP contribution < -0.4 is 25.2 Å². The molecule has 4 aromatic carbocycles. The number of benzene rings is 4. The van der Waals surface area contributed by atoms with E-state index >= 15 is 0 Å². The number of amides is 3. The van der Waals surface area contributed by atoms with E-state index in [0.29, 0.717) is 28.3 Å². The maximum atomic E-state index is 14.4. The lowest BCUT2D eigenvalue weighted by molar-refractivity contribution is -0.128. The number of aliphatic hydroxyl groups is 1. The zero-order valence-corrected chi connectivity index (χ0v) is 27.8. The van der Waals surface area contributed by atoms with Crippen molar-refractivity contribution in [1.29, 1.82) is 0 Å². The molecule has 0 spiro atoms. The largest absolute Gasteiger partial charge is 0.496 e. The van der Waals surface area contributed by atoms with Gasteiger partial charge in [-0.1, -0.05) is 52.3 Å². The Morgan fingerprint density at radius 2 is 1.71 bits per heavy atom. The molecule has 0 fully saturated rings. The van der Waals surface area contributed by atoms with Crippen LogP contribution in [0.4, 0.5) is 11.4 Å². The number of hydrogen-bond acceptors (Lipinski definition) is 6. The zero-order chi connectivity index (χ0) is 31.5. The van der Waals surface area contributed by atoms with Crippen molar-refractivity contribution in [3.05, 3.63) is 100 Å². The van der Waals surface area contributed by atoms with Crippen molar-refractivity contribution < 1.29 is 24.2 Å². The van der Waals surface area contributed by atoms with Crippen molar-refractivity contribution in [2.75, 3.05) is 30.5 Å². The number of nitrogens with zero attached hydrogens (tertiary/aromatic N) is 2. The fourth-order valence-corrected chi connectivity index (χ4v) is 5.77.